The Morgan fingerprint density at radius 3 is 2.68 bits per heavy atom. The number of carboxylic acids is 1. The van der Waals surface area contributed by atoms with Crippen molar-refractivity contribution < 1.29 is 19.4 Å². The van der Waals surface area contributed by atoms with Crippen molar-refractivity contribution in [2.45, 2.75) is 32.0 Å². The third-order valence-electron chi connectivity index (χ3n) is 2.65. The molecule has 1 fully saturated rings. The predicted molar refractivity (Wildman–Crippen MR) is 65.9 cm³/mol. The number of carbonyl (C=O) groups is 2. The van der Waals surface area contributed by atoms with Crippen molar-refractivity contribution in [2.24, 2.45) is 0 Å². The van der Waals surface area contributed by atoms with Crippen molar-refractivity contribution in [2.75, 3.05) is 5.32 Å². The van der Waals surface area contributed by atoms with E-state index in [2.05, 4.69) is 15.3 Å². The number of amides is 1. The van der Waals surface area contributed by atoms with Crippen LogP contribution >= 0.6 is 11.6 Å². The van der Waals surface area contributed by atoms with Crippen molar-refractivity contribution in [3.8, 4) is 0 Å². The van der Waals surface area contributed by atoms with Gasteiger partial charge in [0.15, 0.2) is 6.10 Å². The van der Waals surface area contributed by atoms with E-state index >= 15 is 0 Å². The number of halogens is 1. The molecule has 2 heterocycles. The molecule has 2 unspecified atom stereocenters. The van der Waals surface area contributed by atoms with Crippen molar-refractivity contribution >= 4 is 29.4 Å². The largest absolute Gasteiger partial charge is 0.479 e. The number of rotatable bonds is 3. The van der Waals surface area contributed by atoms with Gasteiger partial charge in [-0.3, -0.25) is 10.1 Å². The number of aryl methyl sites for hydroxylation is 1. The van der Waals surface area contributed by atoms with Crippen molar-refractivity contribution in [1.29, 1.82) is 0 Å². The van der Waals surface area contributed by atoms with Crippen molar-refractivity contribution in [3.05, 3.63) is 16.9 Å². The molecule has 1 amide bonds. The summed E-state index contributed by atoms with van der Waals surface area (Å²) in [6.07, 6.45) is -1.08. The van der Waals surface area contributed by atoms with E-state index < -0.39 is 24.1 Å². The molecule has 0 aromatic carbocycles. The summed E-state index contributed by atoms with van der Waals surface area (Å²) in [5.41, 5.74) is 0.617. The summed E-state index contributed by atoms with van der Waals surface area (Å²) in [5.74, 6) is -1.45. The lowest BCUT2D eigenvalue weighted by Gasteiger charge is -2.11. The Balaban J connectivity index is 2.00. The minimum absolute atomic E-state index is 0.0809. The number of ether oxygens (including phenoxy) is 1. The van der Waals surface area contributed by atoms with Gasteiger partial charge in [-0.25, -0.2) is 14.8 Å². The fourth-order valence-electron chi connectivity index (χ4n) is 1.79. The van der Waals surface area contributed by atoms with E-state index in [1.54, 1.807) is 13.0 Å². The van der Waals surface area contributed by atoms with Crippen LogP contribution in [0.5, 0.6) is 0 Å². The summed E-state index contributed by atoms with van der Waals surface area (Å²) < 4.78 is 5.12. The SMILES string of the molecule is Cc1cc(Cl)nc(NC(=O)C2CCC(C(=O)O)O2)n1. The summed E-state index contributed by atoms with van der Waals surface area (Å²) in [6, 6.07) is 1.56. The molecule has 1 aliphatic heterocycles. The normalized spacial score (nSPS) is 22.2. The van der Waals surface area contributed by atoms with Gasteiger partial charge in [-0.05, 0) is 25.8 Å². The fraction of sp³-hybridized carbons (Fsp3) is 0.455. The number of hydrogen-bond donors (Lipinski definition) is 2. The molecule has 102 valence electrons. The van der Waals surface area contributed by atoms with Gasteiger partial charge in [0, 0.05) is 5.69 Å². The maximum absolute atomic E-state index is 11.9. The van der Waals surface area contributed by atoms with Crippen LogP contribution in [-0.4, -0.2) is 39.2 Å². The number of carboxylic acid groups (broad SMARTS) is 1. The second-order valence-corrected chi connectivity index (χ2v) is 4.56. The minimum Gasteiger partial charge on any atom is -0.479 e. The van der Waals surface area contributed by atoms with E-state index in [0.29, 0.717) is 18.5 Å². The van der Waals surface area contributed by atoms with Crippen LogP contribution in [0.2, 0.25) is 5.15 Å². The molecule has 1 aromatic rings. The van der Waals surface area contributed by atoms with Gasteiger partial charge in [0.25, 0.3) is 5.91 Å². The first-order valence-electron chi connectivity index (χ1n) is 5.66. The molecular weight excluding hydrogens is 274 g/mol. The maximum Gasteiger partial charge on any atom is 0.332 e. The van der Waals surface area contributed by atoms with Gasteiger partial charge < -0.3 is 9.84 Å². The van der Waals surface area contributed by atoms with E-state index in [1.165, 1.54) is 0 Å². The average Bonchev–Trinajstić information content (AvgIpc) is 2.76. The number of carbonyl (C=O) groups excluding carboxylic acids is 1. The lowest BCUT2D eigenvalue weighted by molar-refractivity contribution is -0.150. The van der Waals surface area contributed by atoms with E-state index in [0.717, 1.165) is 0 Å². The van der Waals surface area contributed by atoms with Crippen LogP contribution in [0.4, 0.5) is 5.95 Å². The molecule has 2 N–H and O–H groups in total. The average molecular weight is 286 g/mol. The first kappa shape index (κ1) is 13.7. The van der Waals surface area contributed by atoms with Crippen molar-refractivity contribution in [1.82, 2.24) is 9.97 Å². The number of anilines is 1. The van der Waals surface area contributed by atoms with E-state index in [1.807, 2.05) is 0 Å². The second kappa shape index (κ2) is 5.50. The highest BCUT2D eigenvalue weighted by Gasteiger charge is 2.34. The summed E-state index contributed by atoms with van der Waals surface area (Å²) in [4.78, 5) is 30.4. The van der Waals surface area contributed by atoms with Crippen LogP contribution in [0.25, 0.3) is 0 Å². The predicted octanol–water partition coefficient (Wildman–Crippen LogP) is 1.01. The molecule has 19 heavy (non-hydrogen) atoms. The van der Waals surface area contributed by atoms with E-state index in [-0.39, 0.29) is 11.1 Å². The van der Waals surface area contributed by atoms with Crippen LogP contribution in [0.3, 0.4) is 0 Å². The topological polar surface area (TPSA) is 101 Å². The van der Waals surface area contributed by atoms with Crippen LogP contribution in [0.15, 0.2) is 6.07 Å². The second-order valence-electron chi connectivity index (χ2n) is 4.17. The first-order chi connectivity index (χ1) is 8.95. The van der Waals surface area contributed by atoms with Crippen molar-refractivity contribution in [3.63, 3.8) is 0 Å². The smallest absolute Gasteiger partial charge is 0.332 e. The number of nitrogens with one attached hydrogen (secondary N) is 1. The van der Waals surface area contributed by atoms with Gasteiger partial charge in [0.05, 0.1) is 0 Å². The van der Waals surface area contributed by atoms with Crippen LogP contribution in [0, 0.1) is 6.92 Å². The number of nitrogens with zero attached hydrogens (tertiary/aromatic N) is 2. The lowest BCUT2D eigenvalue weighted by atomic mass is 10.2. The molecule has 0 spiro atoms. The summed E-state index contributed by atoms with van der Waals surface area (Å²) in [7, 11) is 0. The van der Waals surface area contributed by atoms with Gasteiger partial charge in [0.1, 0.15) is 11.3 Å². The Bertz CT molecular complexity index is 502. The van der Waals surface area contributed by atoms with Crippen LogP contribution < -0.4 is 5.32 Å². The van der Waals surface area contributed by atoms with E-state index in [9.17, 15) is 9.59 Å². The molecule has 1 aliphatic rings. The fourth-order valence-corrected chi connectivity index (χ4v) is 2.03. The van der Waals surface area contributed by atoms with Crippen LogP contribution in [0.1, 0.15) is 18.5 Å². The third kappa shape index (κ3) is 3.39. The van der Waals surface area contributed by atoms with Gasteiger partial charge in [-0.1, -0.05) is 11.6 Å². The molecular formula is C11H12ClN3O4. The molecule has 0 radical (unpaired) electrons. The first-order valence-corrected chi connectivity index (χ1v) is 6.04. The number of hydrogen-bond acceptors (Lipinski definition) is 5. The summed E-state index contributed by atoms with van der Waals surface area (Å²) >= 11 is 5.75. The molecule has 0 saturated carbocycles. The highest BCUT2D eigenvalue weighted by Crippen LogP contribution is 2.21. The standard InChI is InChI=1S/C11H12ClN3O4/c1-5-4-8(12)14-11(13-5)15-9(16)6-2-3-7(19-6)10(17)18/h4,6-7H,2-3H2,1H3,(H,17,18)(H,13,14,15,16). The molecule has 1 aromatic heterocycles. The van der Waals surface area contributed by atoms with Gasteiger partial charge in [0.2, 0.25) is 5.95 Å². The molecule has 7 nitrogen and oxygen atoms in total. The highest BCUT2D eigenvalue weighted by molar-refractivity contribution is 6.29. The van der Waals surface area contributed by atoms with Crippen LogP contribution in [-0.2, 0) is 14.3 Å². The Hall–Kier alpha value is -1.73. The summed E-state index contributed by atoms with van der Waals surface area (Å²) in [6.45, 7) is 1.72. The van der Waals surface area contributed by atoms with Gasteiger partial charge >= 0.3 is 5.97 Å². The molecule has 2 atom stereocenters. The molecule has 2 rings (SSSR count). The number of aliphatic carboxylic acids is 1. The quantitative estimate of drug-likeness (QED) is 0.804. The minimum atomic E-state index is -1.06. The Kier molecular flexibility index (Phi) is 3.96. The van der Waals surface area contributed by atoms with E-state index in [4.69, 9.17) is 21.4 Å². The van der Waals surface area contributed by atoms with Gasteiger partial charge in [-0.2, -0.15) is 0 Å². The monoisotopic (exact) mass is 285 g/mol. The Morgan fingerprint density at radius 2 is 2.11 bits per heavy atom. The molecule has 0 bridgehead atoms. The summed E-state index contributed by atoms with van der Waals surface area (Å²) in [5, 5.41) is 11.5. The zero-order chi connectivity index (χ0) is 14.0. The zero-order valence-electron chi connectivity index (χ0n) is 10.1. The maximum atomic E-state index is 11.9. The zero-order valence-corrected chi connectivity index (χ0v) is 10.8. The molecule has 0 aliphatic carbocycles. The van der Waals surface area contributed by atoms with Gasteiger partial charge in [-0.15, -0.1) is 0 Å². The molecule has 8 heteroatoms. The third-order valence-corrected chi connectivity index (χ3v) is 2.84. The molecule has 1 saturated heterocycles. The number of aromatic nitrogens is 2. The Morgan fingerprint density at radius 1 is 1.42 bits per heavy atom. The lowest BCUT2D eigenvalue weighted by Crippen LogP contribution is -2.30. The Labute approximate surface area is 114 Å². The highest BCUT2D eigenvalue weighted by atomic mass is 35.5.